The van der Waals surface area contributed by atoms with Gasteiger partial charge in [0.1, 0.15) is 6.07 Å². The highest BCUT2D eigenvalue weighted by Gasteiger charge is 2.27. The number of rotatable bonds is 2. The lowest BCUT2D eigenvalue weighted by Crippen LogP contribution is -2.08. The Morgan fingerprint density at radius 3 is 2.50 bits per heavy atom. The van der Waals surface area contributed by atoms with E-state index in [1.807, 2.05) is 0 Å². The Hall–Kier alpha value is -1.46. The molecule has 1 aromatic heterocycles. The summed E-state index contributed by atoms with van der Waals surface area (Å²) in [4.78, 5) is 3.20. The molecule has 0 saturated carbocycles. The monoisotopic (exact) mass is 267 g/mol. The molecular formula is C7H4ClF2N3O2S. The average molecular weight is 268 g/mol. The number of hydrogen-bond donors (Lipinski definition) is 1. The molecule has 1 aromatic rings. The molecule has 0 aromatic carbocycles. The van der Waals surface area contributed by atoms with Crippen LogP contribution in [0.15, 0.2) is 11.2 Å². The van der Waals surface area contributed by atoms with Crippen LogP contribution in [0, 0.1) is 11.3 Å². The van der Waals surface area contributed by atoms with Crippen molar-refractivity contribution in [3.8, 4) is 6.07 Å². The lowest BCUT2D eigenvalue weighted by atomic mass is 10.1. The van der Waals surface area contributed by atoms with Crippen LogP contribution in [0.1, 0.15) is 17.6 Å². The zero-order valence-corrected chi connectivity index (χ0v) is 9.06. The van der Waals surface area contributed by atoms with Crippen molar-refractivity contribution in [1.29, 1.82) is 5.26 Å². The summed E-state index contributed by atoms with van der Waals surface area (Å²) in [5, 5.41) is 7.49. The van der Waals surface area contributed by atoms with Gasteiger partial charge >= 0.3 is 0 Å². The van der Waals surface area contributed by atoms with E-state index in [0.29, 0.717) is 0 Å². The van der Waals surface area contributed by atoms with E-state index < -0.39 is 31.8 Å². The second-order valence-electron chi connectivity index (χ2n) is 2.65. The van der Waals surface area contributed by atoms with Crippen molar-refractivity contribution in [3.63, 3.8) is 0 Å². The van der Waals surface area contributed by atoms with Gasteiger partial charge in [-0.05, 0) is 0 Å². The summed E-state index contributed by atoms with van der Waals surface area (Å²) in [5.74, 6) is 0. The number of hydrogen-bond acceptors (Lipinski definition) is 5. The number of nitrogens with two attached hydrogens (primary N) is 1. The van der Waals surface area contributed by atoms with Crippen LogP contribution in [0.3, 0.4) is 0 Å². The first-order chi connectivity index (χ1) is 7.29. The standard InChI is InChI=1S/C7H4ClF2N3O2S/c8-16(14,15)7-4(6(9)10)5(12)3(1-11)2-13-7/h2,6H,(H2,12,13). The highest BCUT2D eigenvalue weighted by Crippen LogP contribution is 2.33. The van der Waals surface area contributed by atoms with Crippen molar-refractivity contribution >= 4 is 25.4 Å². The van der Waals surface area contributed by atoms with Crippen LogP contribution < -0.4 is 5.73 Å². The normalized spacial score (nSPS) is 11.4. The van der Waals surface area contributed by atoms with Gasteiger partial charge < -0.3 is 5.73 Å². The van der Waals surface area contributed by atoms with E-state index in [4.69, 9.17) is 21.7 Å². The van der Waals surface area contributed by atoms with Gasteiger partial charge in [0, 0.05) is 16.9 Å². The molecule has 0 spiro atoms. The number of aromatic nitrogens is 1. The van der Waals surface area contributed by atoms with Gasteiger partial charge in [0.25, 0.3) is 15.5 Å². The van der Waals surface area contributed by atoms with Gasteiger partial charge in [0.05, 0.1) is 16.8 Å². The summed E-state index contributed by atoms with van der Waals surface area (Å²) in [7, 11) is 0.479. The summed E-state index contributed by atoms with van der Waals surface area (Å²) >= 11 is 0. The van der Waals surface area contributed by atoms with E-state index in [9.17, 15) is 17.2 Å². The maximum atomic E-state index is 12.6. The highest BCUT2D eigenvalue weighted by molar-refractivity contribution is 8.13. The Balaban J connectivity index is 3.69. The Bertz CT molecular complexity index is 568. The molecule has 0 atom stereocenters. The molecule has 0 bridgehead atoms. The maximum Gasteiger partial charge on any atom is 0.279 e. The minimum Gasteiger partial charge on any atom is -0.397 e. The number of anilines is 1. The third-order valence-electron chi connectivity index (χ3n) is 1.69. The molecule has 0 radical (unpaired) electrons. The molecule has 5 nitrogen and oxygen atoms in total. The third-order valence-corrected chi connectivity index (χ3v) is 2.92. The number of alkyl halides is 2. The van der Waals surface area contributed by atoms with Crippen LogP contribution in [0.2, 0.25) is 0 Å². The molecule has 0 unspecified atom stereocenters. The molecule has 1 heterocycles. The summed E-state index contributed by atoms with van der Waals surface area (Å²) in [5.41, 5.74) is 3.21. The average Bonchev–Trinajstić information content (AvgIpc) is 2.15. The summed E-state index contributed by atoms with van der Waals surface area (Å²) in [6, 6.07) is 1.51. The topological polar surface area (TPSA) is 96.8 Å². The molecule has 0 aliphatic rings. The second-order valence-corrected chi connectivity index (χ2v) is 5.14. The molecule has 0 aliphatic heterocycles. The largest absolute Gasteiger partial charge is 0.397 e. The molecule has 0 aliphatic carbocycles. The van der Waals surface area contributed by atoms with Gasteiger partial charge in [0.15, 0.2) is 5.03 Å². The van der Waals surface area contributed by atoms with Gasteiger partial charge in [-0.15, -0.1) is 0 Å². The molecule has 0 amide bonds. The fourth-order valence-corrected chi connectivity index (χ4v) is 2.03. The first-order valence-corrected chi connectivity index (χ1v) is 6.01. The van der Waals surface area contributed by atoms with Crippen LogP contribution in [-0.2, 0) is 9.05 Å². The molecule has 0 saturated heterocycles. The Morgan fingerprint density at radius 2 is 2.12 bits per heavy atom. The smallest absolute Gasteiger partial charge is 0.279 e. The maximum absolute atomic E-state index is 12.6. The minimum atomic E-state index is -4.43. The molecule has 9 heteroatoms. The predicted octanol–water partition coefficient (Wildman–Crippen LogP) is 1.40. The van der Waals surface area contributed by atoms with Gasteiger partial charge in [-0.25, -0.2) is 22.2 Å². The van der Waals surface area contributed by atoms with Crippen molar-refractivity contribution in [2.45, 2.75) is 11.5 Å². The van der Waals surface area contributed by atoms with Crippen molar-refractivity contribution in [3.05, 3.63) is 17.3 Å². The van der Waals surface area contributed by atoms with E-state index in [2.05, 4.69) is 4.98 Å². The van der Waals surface area contributed by atoms with Crippen LogP contribution >= 0.6 is 10.7 Å². The van der Waals surface area contributed by atoms with Crippen molar-refractivity contribution in [1.82, 2.24) is 4.98 Å². The summed E-state index contributed by atoms with van der Waals surface area (Å²) < 4.78 is 47.0. The van der Waals surface area contributed by atoms with Gasteiger partial charge in [0.2, 0.25) is 0 Å². The molecule has 1 rings (SSSR count). The van der Waals surface area contributed by atoms with E-state index in [1.54, 1.807) is 0 Å². The fraction of sp³-hybridized carbons (Fsp3) is 0.143. The summed E-state index contributed by atoms with van der Waals surface area (Å²) in [6.45, 7) is 0. The number of nitriles is 1. The molecule has 16 heavy (non-hydrogen) atoms. The SMILES string of the molecule is N#Cc1cnc(S(=O)(=O)Cl)c(C(F)F)c1N. The van der Waals surface area contributed by atoms with Crippen LogP contribution in [0.25, 0.3) is 0 Å². The molecule has 0 fully saturated rings. The summed E-state index contributed by atoms with van der Waals surface area (Å²) in [6.07, 6.45) is -2.42. The van der Waals surface area contributed by atoms with E-state index in [-0.39, 0.29) is 5.56 Å². The number of halogens is 3. The van der Waals surface area contributed by atoms with Crippen LogP contribution in [-0.4, -0.2) is 13.4 Å². The van der Waals surface area contributed by atoms with Crippen LogP contribution in [0.5, 0.6) is 0 Å². The van der Waals surface area contributed by atoms with E-state index in [1.165, 1.54) is 6.07 Å². The number of nitrogens with zero attached hydrogens (tertiary/aromatic N) is 2. The van der Waals surface area contributed by atoms with Crippen molar-refractivity contribution in [2.24, 2.45) is 0 Å². The zero-order chi connectivity index (χ0) is 12.5. The lowest BCUT2D eigenvalue weighted by molar-refractivity contribution is 0.148. The number of nitrogen functional groups attached to an aromatic ring is 1. The lowest BCUT2D eigenvalue weighted by Gasteiger charge is -2.08. The van der Waals surface area contributed by atoms with Crippen molar-refractivity contribution < 1.29 is 17.2 Å². The zero-order valence-electron chi connectivity index (χ0n) is 7.49. The first-order valence-electron chi connectivity index (χ1n) is 3.70. The third kappa shape index (κ3) is 2.20. The second kappa shape index (κ2) is 4.19. The quantitative estimate of drug-likeness (QED) is 0.817. The Morgan fingerprint density at radius 1 is 1.56 bits per heavy atom. The molecule has 86 valence electrons. The highest BCUT2D eigenvalue weighted by atomic mass is 35.7. The predicted molar refractivity (Wildman–Crippen MR) is 51.4 cm³/mol. The molecular weight excluding hydrogens is 264 g/mol. The minimum absolute atomic E-state index is 0.334. The Kier molecular flexibility index (Phi) is 3.30. The van der Waals surface area contributed by atoms with Gasteiger partial charge in [-0.3, -0.25) is 0 Å². The van der Waals surface area contributed by atoms with E-state index >= 15 is 0 Å². The van der Waals surface area contributed by atoms with Crippen molar-refractivity contribution in [2.75, 3.05) is 5.73 Å². The first kappa shape index (κ1) is 12.6. The van der Waals surface area contributed by atoms with Gasteiger partial charge in [-0.2, -0.15) is 5.26 Å². The van der Waals surface area contributed by atoms with Gasteiger partial charge in [-0.1, -0.05) is 0 Å². The molecule has 2 N–H and O–H groups in total. The fourth-order valence-electron chi connectivity index (χ4n) is 1.02. The Labute approximate surface area is 93.9 Å². The number of pyridine rings is 1. The van der Waals surface area contributed by atoms with Crippen LogP contribution in [0.4, 0.5) is 14.5 Å². The van der Waals surface area contributed by atoms with E-state index in [0.717, 1.165) is 6.20 Å².